The van der Waals surface area contributed by atoms with Crippen LogP contribution in [0.4, 0.5) is 0 Å². The van der Waals surface area contributed by atoms with Crippen LogP contribution in [0, 0.1) is 17.8 Å². The minimum Gasteiger partial charge on any atom is -0.461 e. The maximum Gasteiger partial charge on any atom is 0.348 e. The van der Waals surface area contributed by atoms with Crippen LogP contribution in [0.2, 0.25) is 0 Å². The van der Waals surface area contributed by atoms with Crippen LogP contribution in [0.3, 0.4) is 0 Å². The number of rotatable bonds is 9. The summed E-state index contributed by atoms with van der Waals surface area (Å²) in [5, 5.41) is -1.32. The maximum absolute atomic E-state index is 14.2. The van der Waals surface area contributed by atoms with Crippen molar-refractivity contribution in [2.45, 2.75) is 90.3 Å². The lowest BCUT2D eigenvalue weighted by atomic mass is 9.64. The Morgan fingerprint density at radius 1 is 1.09 bits per heavy atom. The van der Waals surface area contributed by atoms with Gasteiger partial charge in [-0.15, -0.1) is 0 Å². The molecule has 0 spiro atoms. The fourth-order valence-corrected chi connectivity index (χ4v) is 8.47. The van der Waals surface area contributed by atoms with Crippen LogP contribution in [0.15, 0.2) is 42.5 Å². The van der Waals surface area contributed by atoms with Crippen LogP contribution in [0.25, 0.3) is 0 Å². The summed E-state index contributed by atoms with van der Waals surface area (Å²) in [5.41, 5.74) is 1.08. The summed E-state index contributed by atoms with van der Waals surface area (Å²) in [7, 11) is -3.77. The standard InChI is InChI=1S/C28H43O5P/c1-7-31-34(30,32-8-2)28(19-13-12-14-22(28)4)26(29)33-25-20-21(3)17-18-24(25)27(5,6)23-15-10-9-11-16-23/h9-12,14-16,21-22,24-25H,7-8,13,17-20H2,1-6H3/t21-,22+,24-,25-,28+/m1/s1. The van der Waals surface area contributed by atoms with Crippen molar-refractivity contribution >= 4 is 13.6 Å². The summed E-state index contributed by atoms with van der Waals surface area (Å²) in [6.45, 7) is 12.6. The van der Waals surface area contributed by atoms with E-state index < -0.39 is 18.7 Å². The molecule has 1 aromatic carbocycles. The first-order valence-electron chi connectivity index (χ1n) is 12.9. The minimum atomic E-state index is -3.77. The van der Waals surface area contributed by atoms with E-state index in [2.05, 4.69) is 45.0 Å². The lowest BCUT2D eigenvalue weighted by Crippen LogP contribution is -2.51. The van der Waals surface area contributed by atoms with Gasteiger partial charge in [-0.2, -0.15) is 0 Å². The molecule has 0 amide bonds. The lowest BCUT2D eigenvalue weighted by Gasteiger charge is -2.46. The highest BCUT2D eigenvalue weighted by Gasteiger charge is 2.61. The molecule has 5 atom stereocenters. The number of carbonyl (C=O) groups is 1. The van der Waals surface area contributed by atoms with E-state index in [-0.39, 0.29) is 36.6 Å². The summed E-state index contributed by atoms with van der Waals surface area (Å²) in [6.07, 6.45) is 7.69. The Labute approximate surface area is 206 Å². The lowest BCUT2D eigenvalue weighted by molar-refractivity contribution is -0.162. The summed E-state index contributed by atoms with van der Waals surface area (Å²) < 4.78 is 32.2. The zero-order chi connectivity index (χ0) is 25.0. The summed E-state index contributed by atoms with van der Waals surface area (Å²) in [5.74, 6) is -0.104. The van der Waals surface area contributed by atoms with Gasteiger partial charge in [-0.3, -0.25) is 9.36 Å². The first kappa shape index (κ1) is 27.2. The van der Waals surface area contributed by atoms with Gasteiger partial charge in [0.2, 0.25) is 0 Å². The second-order valence-electron chi connectivity index (χ2n) is 10.6. The third-order valence-electron chi connectivity index (χ3n) is 8.07. The summed E-state index contributed by atoms with van der Waals surface area (Å²) >= 11 is 0. The molecule has 0 aromatic heterocycles. The number of hydrogen-bond donors (Lipinski definition) is 0. The average Bonchev–Trinajstić information content (AvgIpc) is 2.80. The molecule has 0 aliphatic heterocycles. The van der Waals surface area contributed by atoms with Gasteiger partial charge in [0.1, 0.15) is 6.10 Å². The van der Waals surface area contributed by atoms with Crippen LogP contribution < -0.4 is 0 Å². The van der Waals surface area contributed by atoms with Gasteiger partial charge in [-0.05, 0) is 56.4 Å². The number of hydrogen-bond acceptors (Lipinski definition) is 5. The van der Waals surface area contributed by atoms with Gasteiger partial charge in [0.05, 0.1) is 13.2 Å². The molecular formula is C28H43O5P. The molecule has 1 fully saturated rings. The average molecular weight is 491 g/mol. The number of esters is 1. The highest BCUT2D eigenvalue weighted by Crippen LogP contribution is 2.66. The molecule has 0 saturated heterocycles. The van der Waals surface area contributed by atoms with Crippen molar-refractivity contribution in [1.82, 2.24) is 0 Å². The molecule has 0 radical (unpaired) electrons. The second kappa shape index (κ2) is 11.1. The number of benzene rings is 1. The van der Waals surface area contributed by atoms with Crippen molar-refractivity contribution in [3.8, 4) is 0 Å². The molecule has 0 N–H and O–H groups in total. The fraction of sp³-hybridized carbons (Fsp3) is 0.679. The first-order valence-corrected chi connectivity index (χ1v) is 14.5. The van der Waals surface area contributed by atoms with Gasteiger partial charge in [-0.25, -0.2) is 0 Å². The van der Waals surface area contributed by atoms with Crippen molar-refractivity contribution in [2.24, 2.45) is 17.8 Å². The molecule has 0 heterocycles. The fourth-order valence-electron chi connectivity index (χ4n) is 5.99. The quantitative estimate of drug-likeness (QED) is 0.206. The Balaban J connectivity index is 1.98. The van der Waals surface area contributed by atoms with Gasteiger partial charge in [0.25, 0.3) is 0 Å². The molecule has 2 aliphatic rings. The van der Waals surface area contributed by atoms with E-state index in [1.165, 1.54) is 5.56 Å². The molecule has 190 valence electrons. The zero-order valence-corrected chi connectivity index (χ0v) is 22.7. The van der Waals surface area contributed by atoms with E-state index in [1.807, 2.05) is 25.1 Å². The summed E-state index contributed by atoms with van der Waals surface area (Å²) in [6, 6.07) is 10.5. The monoisotopic (exact) mass is 490 g/mol. The van der Waals surface area contributed by atoms with Gasteiger partial charge in [0, 0.05) is 11.8 Å². The summed E-state index contributed by atoms with van der Waals surface area (Å²) in [4.78, 5) is 14.1. The van der Waals surface area contributed by atoms with E-state index in [9.17, 15) is 9.36 Å². The minimum absolute atomic E-state index is 0.166. The van der Waals surface area contributed by atoms with Crippen LogP contribution in [-0.2, 0) is 28.6 Å². The van der Waals surface area contributed by atoms with E-state index in [0.29, 0.717) is 18.8 Å². The maximum atomic E-state index is 14.2. The Bertz CT molecular complexity index is 885. The molecule has 2 aliphatic carbocycles. The number of ether oxygens (including phenoxy) is 1. The third kappa shape index (κ3) is 5.08. The Kier molecular flexibility index (Phi) is 8.87. The molecule has 0 unspecified atom stereocenters. The van der Waals surface area contributed by atoms with Gasteiger partial charge < -0.3 is 13.8 Å². The molecule has 6 heteroatoms. The molecule has 3 rings (SSSR count). The topological polar surface area (TPSA) is 61.8 Å². The second-order valence-corrected chi connectivity index (χ2v) is 12.9. The van der Waals surface area contributed by atoms with Crippen LogP contribution in [-0.4, -0.2) is 30.4 Å². The van der Waals surface area contributed by atoms with E-state index in [4.69, 9.17) is 13.8 Å². The number of allylic oxidation sites excluding steroid dienone is 2. The molecule has 1 saturated carbocycles. The Hall–Kier alpha value is -1.42. The predicted octanol–water partition coefficient (Wildman–Crippen LogP) is 7.30. The van der Waals surface area contributed by atoms with Gasteiger partial charge >= 0.3 is 13.6 Å². The zero-order valence-electron chi connectivity index (χ0n) is 21.8. The van der Waals surface area contributed by atoms with Crippen molar-refractivity contribution in [3.63, 3.8) is 0 Å². The Morgan fingerprint density at radius 2 is 1.74 bits per heavy atom. The van der Waals surface area contributed by atoms with Crippen LogP contribution in [0.1, 0.15) is 79.2 Å². The van der Waals surface area contributed by atoms with E-state index >= 15 is 0 Å². The van der Waals surface area contributed by atoms with Gasteiger partial charge in [-0.1, -0.05) is 76.6 Å². The van der Waals surface area contributed by atoms with Crippen molar-refractivity contribution in [2.75, 3.05) is 13.2 Å². The van der Waals surface area contributed by atoms with E-state index in [1.54, 1.807) is 13.8 Å². The van der Waals surface area contributed by atoms with Gasteiger partial charge in [0.15, 0.2) is 5.16 Å². The van der Waals surface area contributed by atoms with E-state index in [0.717, 1.165) is 19.3 Å². The molecule has 5 nitrogen and oxygen atoms in total. The van der Waals surface area contributed by atoms with Crippen molar-refractivity contribution < 1.29 is 23.1 Å². The molecule has 0 bridgehead atoms. The Morgan fingerprint density at radius 3 is 2.32 bits per heavy atom. The molecule has 1 aromatic rings. The molecule has 34 heavy (non-hydrogen) atoms. The van der Waals surface area contributed by atoms with Crippen molar-refractivity contribution in [1.29, 1.82) is 0 Å². The number of carbonyl (C=O) groups excluding carboxylic acids is 1. The molecular weight excluding hydrogens is 447 g/mol. The van der Waals surface area contributed by atoms with Crippen molar-refractivity contribution in [3.05, 3.63) is 48.0 Å². The highest BCUT2D eigenvalue weighted by atomic mass is 31.2. The van der Waals surface area contributed by atoms with Crippen LogP contribution in [0.5, 0.6) is 0 Å². The third-order valence-corrected chi connectivity index (χ3v) is 11.1. The SMILES string of the molecule is CCOP(=O)(OCC)[C@@]1(C(=O)O[C@@H]2C[C@H](C)CC[C@H]2C(C)(C)c2ccccc2)CCC=C[C@@H]1C. The largest absolute Gasteiger partial charge is 0.461 e. The normalized spacial score (nSPS) is 30.2. The highest BCUT2D eigenvalue weighted by molar-refractivity contribution is 7.56. The smallest absolute Gasteiger partial charge is 0.348 e. The van der Waals surface area contributed by atoms with Crippen LogP contribution >= 0.6 is 7.60 Å². The predicted molar refractivity (Wildman–Crippen MR) is 137 cm³/mol. The first-order chi connectivity index (χ1) is 16.1.